The van der Waals surface area contributed by atoms with Crippen molar-refractivity contribution >= 4 is 11.9 Å². The van der Waals surface area contributed by atoms with Gasteiger partial charge in [-0.1, -0.05) is 30.3 Å². The Hall–Kier alpha value is -1.84. The number of aliphatic carboxylic acids is 1. The van der Waals surface area contributed by atoms with Gasteiger partial charge in [-0.15, -0.1) is 0 Å². The fraction of sp³-hybridized carbons (Fsp3) is 0.429. The molecule has 0 saturated carbocycles. The lowest BCUT2D eigenvalue weighted by atomic mass is 9.90. The summed E-state index contributed by atoms with van der Waals surface area (Å²) in [7, 11) is 0. The number of rotatable bonds is 3. The number of amides is 1. The van der Waals surface area contributed by atoms with Crippen LogP contribution in [0.1, 0.15) is 31.9 Å². The van der Waals surface area contributed by atoms with Crippen LogP contribution < -0.4 is 0 Å². The number of carboxylic acids is 1. The Morgan fingerprint density at radius 3 is 2.50 bits per heavy atom. The highest BCUT2D eigenvalue weighted by Gasteiger charge is 2.46. The molecule has 1 fully saturated rings. The van der Waals surface area contributed by atoms with Crippen LogP contribution in [0.4, 0.5) is 0 Å². The molecule has 0 bridgehead atoms. The molecule has 18 heavy (non-hydrogen) atoms. The first kappa shape index (κ1) is 12.6. The van der Waals surface area contributed by atoms with Gasteiger partial charge in [0.25, 0.3) is 0 Å². The Kier molecular flexibility index (Phi) is 3.11. The molecule has 0 aromatic heterocycles. The minimum atomic E-state index is -0.958. The summed E-state index contributed by atoms with van der Waals surface area (Å²) in [5.74, 6) is -0.991. The first-order valence-corrected chi connectivity index (χ1v) is 6.02. The third-order valence-electron chi connectivity index (χ3n) is 3.65. The number of carbonyl (C=O) groups is 2. The van der Waals surface area contributed by atoms with E-state index in [0.717, 1.165) is 5.56 Å². The molecule has 0 unspecified atom stereocenters. The molecule has 96 valence electrons. The van der Waals surface area contributed by atoms with Crippen molar-refractivity contribution in [1.29, 1.82) is 0 Å². The van der Waals surface area contributed by atoms with E-state index >= 15 is 0 Å². The molecule has 2 atom stereocenters. The van der Waals surface area contributed by atoms with Crippen LogP contribution in [0.5, 0.6) is 0 Å². The van der Waals surface area contributed by atoms with Crippen LogP contribution in [0.25, 0.3) is 0 Å². The number of carbonyl (C=O) groups excluding carboxylic acids is 1. The van der Waals surface area contributed by atoms with Gasteiger partial charge >= 0.3 is 5.97 Å². The molecule has 4 nitrogen and oxygen atoms in total. The van der Waals surface area contributed by atoms with Crippen molar-refractivity contribution in [3.8, 4) is 0 Å². The fourth-order valence-electron chi connectivity index (χ4n) is 2.36. The van der Waals surface area contributed by atoms with Crippen molar-refractivity contribution in [3.63, 3.8) is 0 Å². The number of benzene rings is 1. The third kappa shape index (κ3) is 2.10. The van der Waals surface area contributed by atoms with E-state index in [-0.39, 0.29) is 24.9 Å². The van der Waals surface area contributed by atoms with Gasteiger partial charge in [-0.25, -0.2) is 0 Å². The summed E-state index contributed by atoms with van der Waals surface area (Å²) in [5.41, 5.74) is 0.0700. The van der Waals surface area contributed by atoms with Gasteiger partial charge in [-0.2, -0.15) is 0 Å². The summed E-state index contributed by atoms with van der Waals surface area (Å²) in [6.07, 6.45) is 0.0828. The van der Waals surface area contributed by atoms with Crippen LogP contribution in [-0.2, 0) is 9.59 Å². The number of nitrogens with zero attached hydrogens (tertiary/aromatic N) is 1. The van der Waals surface area contributed by atoms with Crippen LogP contribution in [0.2, 0.25) is 0 Å². The molecule has 1 N–H and O–H groups in total. The van der Waals surface area contributed by atoms with Crippen molar-refractivity contribution in [2.75, 3.05) is 6.54 Å². The first-order valence-electron chi connectivity index (χ1n) is 6.02. The molecule has 2 rings (SSSR count). The van der Waals surface area contributed by atoms with Crippen molar-refractivity contribution < 1.29 is 14.7 Å². The third-order valence-corrected chi connectivity index (χ3v) is 3.65. The average molecular weight is 247 g/mol. The normalized spacial score (nSPS) is 25.2. The van der Waals surface area contributed by atoms with Crippen LogP contribution in [-0.4, -0.2) is 28.4 Å². The molecule has 1 aromatic rings. The van der Waals surface area contributed by atoms with Crippen LogP contribution in [0.15, 0.2) is 30.3 Å². The van der Waals surface area contributed by atoms with E-state index in [2.05, 4.69) is 0 Å². The van der Waals surface area contributed by atoms with Gasteiger partial charge in [-0.3, -0.25) is 9.59 Å². The standard InChI is InChI=1S/C14H17NO3/c1-10(11-6-4-3-5-7-11)15-9-14(2,13(17)18)8-12(15)16/h3-7,10H,8-9H2,1-2H3,(H,17,18)/t10-,14+/m1/s1. The molecule has 1 aliphatic rings. The second kappa shape index (κ2) is 4.44. The lowest BCUT2D eigenvalue weighted by Crippen LogP contribution is -2.33. The Balaban J connectivity index is 2.21. The van der Waals surface area contributed by atoms with Gasteiger partial charge in [-0.05, 0) is 19.4 Å². The largest absolute Gasteiger partial charge is 0.481 e. The summed E-state index contributed by atoms with van der Waals surface area (Å²) in [6.45, 7) is 3.84. The SMILES string of the molecule is C[C@H](c1ccccc1)N1C[C@@](C)(C(=O)O)CC1=O. The van der Waals surface area contributed by atoms with Gasteiger partial charge in [0.1, 0.15) is 0 Å². The molecule has 0 aliphatic carbocycles. The Bertz CT molecular complexity index is 471. The summed E-state index contributed by atoms with van der Waals surface area (Å²) < 4.78 is 0. The molecule has 0 radical (unpaired) electrons. The highest BCUT2D eigenvalue weighted by atomic mass is 16.4. The molecule has 1 aliphatic heterocycles. The quantitative estimate of drug-likeness (QED) is 0.889. The van der Waals surface area contributed by atoms with Gasteiger partial charge in [0.05, 0.1) is 11.5 Å². The Morgan fingerprint density at radius 2 is 2.00 bits per heavy atom. The number of likely N-dealkylation sites (tertiary alicyclic amines) is 1. The highest BCUT2D eigenvalue weighted by Crippen LogP contribution is 2.36. The Morgan fingerprint density at radius 1 is 1.39 bits per heavy atom. The summed E-state index contributed by atoms with van der Waals surface area (Å²) in [4.78, 5) is 24.8. The van der Waals surface area contributed by atoms with Crippen molar-refractivity contribution in [1.82, 2.24) is 4.90 Å². The van der Waals surface area contributed by atoms with E-state index in [4.69, 9.17) is 0 Å². The zero-order valence-electron chi connectivity index (χ0n) is 10.6. The summed E-state index contributed by atoms with van der Waals surface area (Å²) >= 11 is 0. The topological polar surface area (TPSA) is 57.6 Å². The number of hydrogen-bond donors (Lipinski definition) is 1. The average Bonchev–Trinajstić information content (AvgIpc) is 2.66. The van der Waals surface area contributed by atoms with Gasteiger partial charge in [0, 0.05) is 13.0 Å². The van der Waals surface area contributed by atoms with E-state index in [9.17, 15) is 14.7 Å². The molecular formula is C14H17NO3. The van der Waals surface area contributed by atoms with Crippen molar-refractivity contribution in [3.05, 3.63) is 35.9 Å². The van der Waals surface area contributed by atoms with Crippen LogP contribution >= 0.6 is 0 Å². The highest BCUT2D eigenvalue weighted by molar-refractivity contribution is 5.89. The minimum absolute atomic E-state index is 0.0828. The maximum Gasteiger partial charge on any atom is 0.311 e. The lowest BCUT2D eigenvalue weighted by molar-refractivity contribution is -0.147. The zero-order chi connectivity index (χ0) is 13.3. The second-order valence-corrected chi connectivity index (χ2v) is 5.15. The molecule has 0 spiro atoms. The predicted octanol–water partition coefficient (Wildman–Crippen LogP) is 2.07. The van der Waals surface area contributed by atoms with Crippen molar-refractivity contribution in [2.24, 2.45) is 5.41 Å². The van der Waals surface area contributed by atoms with Crippen LogP contribution in [0.3, 0.4) is 0 Å². The van der Waals surface area contributed by atoms with Gasteiger partial charge in [0.2, 0.25) is 5.91 Å². The monoisotopic (exact) mass is 247 g/mol. The van der Waals surface area contributed by atoms with Gasteiger partial charge in [0.15, 0.2) is 0 Å². The molecular weight excluding hydrogens is 230 g/mol. The van der Waals surface area contributed by atoms with Crippen LogP contribution in [0, 0.1) is 5.41 Å². The van der Waals surface area contributed by atoms with Gasteiger partial charge < -0.3 is 10.0 Å². The molecule has 1 aromatic carbocycles. The summed E-state index contributed by atoms with van der Waals surface area (Å²) in [5, 5.41) is 9.18. The number of carboxylic acid groups (broad SMARTS) is 1. The summed E-state index contributed by atoms with van der Waals surface area (Å²) in [6, 6.07) is 9.58. The molecule has 4 heteroatoms. The zero-order valence-corrected chi connectivity index (χ0v) is 10.6. The van der Waals surface area contributed by atoms with E-state index in [1.807, 2.05) is 37.3 Å². The maximum atomic E-state index is 12.0. The smallest absolute Gasteiger partial charge is 0.311 e. The Labute approximate surface area is 106 Å². The first-order chi connectivity index (χ1) is 8.44. The van der Waals surface area contributed by atoms with E-state index < -0.39 is 11.4 Å². The van der Waals surface area contributed by atoms with E-state index in [0.29, 0.717) is 0 Å². The minimum Gasteiger partial charge on any atom is -0.481 e. The second-order valence-electron chi connectivity index (χ2n) is 5.15. The molecule has 1 amide bonds. The predicted molar refractivity (Wildman–Crippen MR) is 66.9 cm³/mol. The number of hydrogen-bond acceptors (Lipinski definition) is 2. The van der Waals surface area contributed by atoms with E-state index in [1.54, 1.807) is 11.8 Å². The lowest BCUT2D eigenvalue weighted by Gasteiger charge is -2.26. The molecule has 1 heterocycles. The maximum absolute atomic E-state index is 12.0. The van der Waals surface area contributed by atoms with Crippen molar-refractivity contribution in [2.45, 2.75) is 26.3 Å². The van der Waals surface area contributed by atoms with E-state index in [1.165, 1.54) is 0 Å². The molecule has 1 saturated heterocycles. The fourth-order valence-corrected chi connectivity index (χ4v) is 2.36.